The number of ether oxygens (including phenoxy) is 1. The number of carbonyl (C=O) groups excluding carboxylic acids is 1. The first-order chi connectivity index (χ1) is 16.0. The number of halogens is 2. The summed E-state index contributed by atoms with van der Waals surface area (Å²) < 4.78 is 10.4. The summed E-state index contributed by atoms with van der Waals surface area (Å²) in [6, 6.07) is 15.6. The van der Waals surface area contributed by atoms with E-state index in [1.54, 1.807) is 11.2 Å². The highest BCUT2D eigenvalue weighted by atomic mass is 79.9. The third-order valence-electron chi connectivity index (χ3n) is 6.12. The molecule has 1 amide bonds. The van der Waals surface area contributed by atoms with Crippen molar-refractivity contribution < 1.29 is 9.53 Å². The van der Waals surface area contributed by atoms with Gasteiger partial charge in [0, 0.05) is 10.0 Å². The van der Waals surface area contributed by atoms with Crippen LogP contribution in [0.5, 0.6) is 0 Å². The number of hydrogen-bond acceptors (Lipinski definition) is 5. The van der Waals surface area contributed by atoms with Crippen LogP contribution in [0.3, 0.4) is 0 Å². The van der Waals surface area contributed by atoms with Crippen molar-refractivity contribution in [2.24, 2.45) is 0 Å². The Hall–Kier alpha value is -3.17. The van der Waals surface area contributed by atoms with Crippen LogP contribution >= 0.6 is 27.5 Å². The molecule has 4 heterocycles. The van der Waals surface area contributed by atoms with E-state index < -0.39 is 0 Å². The molecule has 0 spiro atoms. The lowest BCUT2D eigenvalue weighted by Crippen LogP contribution is -2.31. The maximum atomic E-state index is 12.7. The van der Waals surface area contributed by atoms with Gasteiger partial charge in [-0.25, -0.2) is 19.4 Å². The zero-order chi connectivity index (χ0) is 22.7. The number of hydrogen-bond donors (Lipinski definition) is 0. The number of amides is 1. The summed E-state index contributed by atoms with van der Waals surface area (Å²) >= 11 is 9.94. The van der Waals surface area contributed by atoms with E-state index in [-0.39, 0.29) is 24.8 Å². The van der Waals surface area contributed by atoms with Gasteiger partial charge in [0.1, 0.15) is 12.4 Å². The summed E-state index contributed by atoms with van der Waals surface area (Å²) in [5.74, 6) is 1.25. The third-order valence-corrected chi connectivity index (χ3v) is 6.93. The molecule has 4 aromatic rings. The fourth-order valence-electron chi connectivity index (χ4n) is 4.46. The molecule has 0 saturated carbocycles. The maximum absolute atomic E-state index is 12.7. The Labute approximate surface area is 202 Å². The number of cyclic esters (lactones) is 1. The monoisotopic (exact) mass is 524 g/mol. The molecule has 2 aliphatic heterocycles. The number of carbonyl (C=O) groups is 1. The van der Waals surface area contributed by atoms with Gasteiger partial charge in [0.15, 0.2) is 16.8 Å². The standard InChI is InChI=1S/C23H18BrClN6O2/c1-13-20(14-5-3-2-4-6-14)33-23(32)29(13)11-19-27-22-16-9-15(24)7-8-17(16)30-12-26-21(25)18(30)10-31(22)28-19/h2-9,12-13,20H,10-11H2,1H3/t13-,20-/m0/s1. The van der Waals surface area contributed by atoms with Gasteiger partial charge >= 0.3 is 6.09 Å². The molecule has 6 rings (SSSR count). The van der Waals surface area contributed by atoms with Crippen molar-refractivity contribution in [3.63, 3.8) is 0 Å². The number of rotatable bonds is 3. The second kappa shape index (κ2) is 7.71. The lowest BCUT2D eigenvalue weighted by atomic mass is 10.0. The lowest BCUT2D eigenvalue weighted by Gasteiger charge is -2.19. The van der Waals surface area contributed by atoms with Crippen LogP contribution in [0.2, 0.25) is 5.15 Å². The SMILES string of the molecule is C[C@H]1[C@@H](c2ccccc2)OC(=O)N1Cc1nc2n(n1)Cc1c(Cl)ncn1-c1ccc(Br)cc1-2. The predicted molar refractivity (Wildman–Crippen MR) is 125 cm³/mol. The van der Waals surface area contributed by atoms with Gasteiger partial charge in [-0.05, 0) is 30.7 Å². The van der Waals surface area contributed by atoms with E-state index >= 15 is 0 Å². The Kier molecular flexibility index (Phi) is 4.77. The summed E-state index contributed by atoms with van der Waals surface area (Å²) in [4.78, 5) is 23.5. The summed E-state index contributed by atoms with van der Waals surface area (Å²) in [6.07, 6.45) is 1.01. The molecule has 8 nitrogen and oxygen atoms in total. The second-order valence-electron chi connectivity index (χ2n) is 8.11. The molecule has 2 aromatic carbocycles. The van der Waals surface area contributed by atoms with Crippen LogP contribution in [0.25, 0.3) is 17.1 Å². The highest BCUT2D eigenvalue weighted by Crippen LogP contribution is 2.36. The van der Waals surface area contributed by atoms with Crippen molar-refractivity contribution in [3.05, 3.63) is 81.6 Å². The molecule has 1 saturated heterocycles. The van der Waals surface area contributed by atoms with Crippen LogP contribution < -0.4 is 0 Å². The normalized spacial score (nSPS) is 19.0. The summed E-state index contributed by atoms with van der Waals surface area (Å²) in [5.41, 5.74) is 3.61. The molecular weight excluding hydrogens is 508 g/mol. The van der Waals surface area contributed by atoms with Crippen LogP contribution in [-0.4, -0.2) is 41.4 Å². The van der Waals surface area contributed by atoms with E-state index in [0.29, 0.717) is 23.3 Å². The van der Waals surface area contributed by atoms with Crippen LogP contribution in [0.1, 0.15) is 30.1 Å². The van der Waals surface area contributed by atoms with Crippen LogP contribution in [0.15, 0.2) is 59.3 Å². The zero-order valence-corrected chi connectivity index (χ0v) is 19.9. The van der Waals surface area contributed by atoms with Gasteiger partial charge in [-0.3, -0.25) is 9.47 Å². The van der Waals surface area contributed by atoms with Crippen molar-refractivity contribution in [2.45, 2.75) is 32.2 Å². The number of imidazole rings is 1. The fourth-order valence-corrected chi connectivity index (χ4v) is 5.02. The molecule has 0 aliphatic carbocycles. The van der Waals surface area contributed by atoms with Crippen LogP contribution in [-0.2, 0) is 17.8 Å². The molecule has 0 radical (unpaired) electrons. The molecule has 2 atom stereocenters. The fraction of sp³-hybridized carbons (Fsp3) is 0.217. The van der Waals surface area contributed by atoms with E-state index in [1.807, 2.05) is 64.7 Å². The van der Waals surface area contributed by atoms with Gasteiger partial charge in [0.25, 0.3) is 0 Å². The van der Waals surface area contributed by atoms with Crippen LogP contribution in [0, 0.1) is 0 Å². The number of aromatic nitrogens is 5. The topological polar surface area (TPSA) is 78.1 Å². The first-order valence-electron chi connectivity index (χ1n) is 10.5. The Morgan fingerprint density at radius 2 is 2.03 bits per heavy atom. The second-order valence-corrected chi connectivity index (χ2v) is 9.38. The summed E-state index contributed by atoms with van der Waals surface area (Å²) in [6.45, 7) is 2.65. The molecule has 2 aromatic heterocycles. The smallest absolute Gasteiger partial charge is 0.411 e. The molecule has 0 N–H and O–H groups in total. The summed E-state index contributed by atoms with van der Waals surface area (Å²) in [7, 11) is 0. The zero-order valence-electron chi connectivity index (χ0n) is 17.5. The van der Waals surface area contributed by atoms with Gasteiger partial charge < -0.3 is 4.74 Å². The molecule has 0 unspecified atom stereocenters. The molecule has 1 fully saturated rings. The van der Waals surface area contributed by atoms with Gasteiger partial charge in [-0.1, -0.05) is 57.9 Å². The van der Waals surface area contributed by atoms with Gasteiger partial charge in [0.05, 0.1) is 30.5 Å². The highest BCUT2D eigenvalue weighted by Gasteiger charge is 2.40. The van der Waals surface area contributed by atoms with Gasteiger partial charge in [-0.15, -0.1) is 0 Å². The van der Waals surface area contributed by atoms with E-state index in [2.05, 4.69) is 20.9 Å². The van der Waals surface area contributed by atoms with E-state index in [4.69, 9.17) is 26.4 Å². The Morgan fingerprint density at radius 3 is 2.85 bits per heavy atom. The predicted octanol–water partition coefficient (Wildman–Crippen LogP) is 4.99. The van der Waals surface area contributed by atoms with E-state index in [9.17, 15) is 4.79 Å². The average Bonchev–Trinajstić information content (AvgIpc) is 3.44. The lowest BCUT2D eigenvalue weighted by molar-refractivity contribution is 0.130. The minimum Gasteiger partial charge on any atom is -0.439 e. The number of fused-ring (bicyclic) bond motifs is 5. The Balaban J connectivity index is 1.36. The van der Waals surface area contributed by atoms with Crippen molar-refractivity contribution in [1.29, 1.82) is 0 Å². The van der Waals surface area contributed by atoms with Gasteiger partial charge in [0.2, 0.25) is 0 Å². The first kappa shape index (κ1) is 20.4. The minimum absolute atomic E-state index is 0.152. The van der Waals surface area contributed by atoms with Crippen LogP contribution in [0.4, 0.5) is 4.79 Å². The van der Waals surface area contributed by atoms with Crippen molar-refractivity contribution in [2.75, 3.05) is 0 Å². The first-order valence-corrected chi connectivity index (χ1v) is 11.6. The average molecular weight is 526 g/mol. The Bertz CT molecular complexity index is 1390. The molecule has 166 valence electrons. The van der Waals surface area contributed by atoms with Gasteiger partial charge in [-0.2, -0.15) is 5.10 Å². The van der Waals surface area contributed by atoms with E-state index in [1.165, 1.54) is 0 Å². The minimum atomic E-state index is -0.370. The van der Waals surface area contributed by atoms with Crippen molar-refractivity contribution in [1.82, 2.24) is 29.2 Å². The Morgan fingerprint density at radius 1 is 1.21 bits per heavy atom. The number of nitrogens with zero attached hydrogens (tertiary/aromatic N) is 6. The third kappa shape index (κ3) is 3.34. The summed E-state index contributed by atoms with van der Waals surface area (Å²) in [5, 5.41) is 5.16. The largest absolute Gasteiger partial charge is 0.439 e. The molecule has 2 aliphatic rings. The van der Waals surface area contributed by atoms with Crippen molar-refractivity contribution in [3.8, 4) is 17.1 Å². The molecular formula is C23H18BrClN6O2. The molecule has 33 heavy (non-hydrogen) atoms. The van der Waals surface area contributed by atoms with E-state index in [0.717, 1.165) is 27.0 Å². The highest BCUT2D eigenvalue weighted by molar-refractivity contribution is 9.10. The number of benzene rings is 2. The maximum Gasteiger partial charge on any atom is 0.411 e. The molecule has 10 heteroatoms. The van der Waals surface area contributed by atoms with Crippen molar-refractivity contribution >= 4 is 33.6 Å². The molecule has 0 bridgehead atoms. The quantitative estimate of drug-likeness (QED) is 0.332.